The molecule has 76 valence electrons. The molecule has 0 aliphatic rings. The number of carbonyl (C=O) groups is 1. The zero-order chi connectivity index (χ0) is 10.4. The van der Waals surface area contributed by atoms with Crippen molar-refractivity contribution in [3.05, 3.63) is 29.8 Å². The van der Waals surface area contributed by atoms with E-state index in [1.165, 1.54) is 0 Å². The lowest BCUT2D eigenvalue weighted by atomic mass is 10.1. The van der Waals surface area contributed by atoms with E-state index < -0.39 is 6.61 Å². The second-order valence-electron chi connectivity index (χ2n) is 2.96. The summed E-state index contributed by atoms with van der Waals surface area (Å²) < 4.78 is 5.36. The van der Waals surface area contributed by atoms with E-state index in [4.69, 9.17) is 9.84 Å². The minimum absolute atomic E-state index is 0.285. The van der Waals surface area contributed by atoms with Gasteiger partial charge in [0.15, 0.2) is 5.78 Å². The zero-order valence-corrected chi connectivity index (χ0v) is 8.19. The van der Waals surface area contributed by atoms with Gasteiger partial charge >= 0.3 is 0 Å². The van der Waals surface area contributed by atoms with Crippen LogP contribution < -0.4 is 4.74 Å². The Labute approximate surface area is 83.3 Å². The second-order valence-corrected chi connectivity index (χ2v) is 2.96. The summed E-state index contributed by atoms with van der Waals surface area (Å²) in [5.41, 5.74) is 0.487. The molecule has 1 aromatic rings. The van der Waals surface area contributed by atoms with Crippen LogP contribution in [0.1, 0.15) is 23.7 Å². The van der Waals surface area contributed by atoms with Crippen molar-refractivity contribution in [2.45, 2.75) is 13.3 Å². The van der Waals surface area contributed by atoms with Crippen LogP contribution in [0, 0.1) is 0 Å². The molecular formula is C11H14O3. The maximum atomic E-state index is 11.1. The lowest BCUT2D eigenvalue weighted by Crippen LogP contribution is -2.04. The Morgan fingerprint density at radius 2 is 2.29 bits per heavy atom. The molecule has 0 aliphatic heterocycles. The first-order valence-electron chi connectivity index (χ1n) is 4.65. The second kappa shape index (κ2) is 5.40. The normalized spacial score (nSPS) is 9.86. The van der Waals surface area contributed by atoms with E-state index in [9.17, 15) is 4.79 Å². The summed E-state index contributed by atoms with van der Waals surface area (Å²) >= 11 is 0. The molecule has 0 heterocycles. The quantitative estimate of drug-likeness (QED) is 0.725. The third-order valence-corrected chi connectivity index (χ3v) is 1.77. The monoisotopic (exact) mass is 194 g/mol. The van der Waals surface area contributed by atoms with Crippen LogP contribution >= 0.6 is 0 Å². The fraction of sp³-hybridized carbons (Fsp3) is 0.364. The number of carbonyl (C=O) groups excluding carboxylic acids is 1. The van der Waals surface area contributed by atoms with E-state index in [0.717, 1.165) is 6.42 Å². The summed E-state index contributed by atoms with van der Waals surface area (Å²) in [5.74, 6) is 0.387. The summed E-state index contributed by atoms with van der Waals surface area (Å²) in [6, 6.07) is 6.85. The molecule has 1 aromatic carbocycles. The Morgan fingerprint density at radius 3 is 2.93 bits per heavy atom. The highest BCUT2D eigenvalue weighted by molar-refractivity contribution is 5.97. The van der Waals surface area contributed by atoms with Gasteiger partial charge in [0.05, 0.1) is 6.61 Å². The molecule has 3 heteroatoms. The Balaban J connectivity index is 2.73. The van der Waals surface area contributed by atoms with E-state index in [0.29, 0.717) is 17.9 Å². The maximum Gasteiger partial charge on any atom is 0.188 e. The van der Waals surface area contributed by atoms with Gasteiger partial charge in [-0.3, -0.25) is 4.79 Å². The third-order valence-electron chi connectivity index (χ3n) is 1.77. The number of ketones is 1. The van der Waals surface area contributed by atoms with Gasteiger partial charge in [0.25, 0.3) is 0 Å². The number of hydrogen-bond acceptors (Lipinski definition) is 3. The smallest absolute Gasteiger partial charge is 0.188 e. The van der Waals surface area contributed by atoms with Gasteiger partial charge in [-0.15, -0.1) is 0 Å². The van der Waals surface area contributed by atoms with Crippen LogP contribution in [0.5, 0.6) is 5.75 Å². The van der Waals surface area contributed by atoms with Crippen LogP contribution in [0.4, 0.5) is 0 Å². The van der Waals surface area contributed by atoms with Gasteiger partial charge in [0, 0.05) is 5.56 Å². The predicted octanol–water partition coefficient (Wildman–Crippen LogP) is 1.65. The van der Waals surface area contributed by atoms with Crippen LogP contribution in [0.15, 0.2) is 24.3 Å². The zero-order valence-electron chi connectivity index (χ0n) is 8.19. The van der Waals surface area contributed by atoms with E-state index in [2.05, 4.69) is 0 Å². The first kappa shape index (κ1) is 10.7. The molecule has 0 aliphatic carbocycles. The molecule has 0 amide bonds. The van der Waals surface area contributed by atoms with Crippen molar-refractivity contribution in [2.75, 3.05) is 13.2 Å². The van der Waals surface area contributed by atoms with Gasteiger partial charge in [-0.05, 0) is 18.6 Å². The van der Waals surface area contributed by atoms with Crippen LogP contribution in [0.2, 0.25) is 0 Å². The number of rotatable bonds is 5. The molecule has 0 saturated heterocycles. The number of hydrogen-bond donors (Lipinski definition) is 1. The molecule has 0 unspecified atom stereocenters. The van der Waals surface area contributed by atoms with Crippen molar-refractivity contribution >= 4 is 5.78 Å². The highest BCUT2D eigenvalue weighted by atomic mass is 16.5. The summed E-state index contributed by atoms with van der Waals surface area (Å²) in [5, 5.41) is 8.66. The summed E-state index contributed by atoms with van der Waals surface area (Å²) in [4.78, 5) is 11.1. The molecule has 3 nitrogen and oxygen atoms in total. The Bertz CT molecular complexity index is 307. The van der Waals surface area contributed by atoms with E-state index in [-0.39, 0.29) is 5.78 Å². The van der Waals surface area contributed by atoms with Crippen molar-refractivity contribution < 1.29 is 14.6 Å². The number of Topliss-reactive ketones (excluding diaryl/α,β-unsaturated/α-hetero) is 1. The number of aliphatic hydroxyl groups is 1. The molecule has 0 saturated carbocycles. The van der Waals surface area contributed by atoms with Crippen LogP contribution in [0.25, 0.3) is 0 Å². The van der Waals surface area contributed by atoms with Crippen molar-refractivity contribution in [3.8, 4) is 5.75 Å². The van der Waals surface area contributed by atoms with E-state index in [1.54, 1.807) is 24.3 Å². The highest BCUT2D eigenvalue weighted by Crippen LogP contribution is 2.13. The topological polar surface area (TPSA) is 46.5 Å². The fourth-order valence-electron chi connectivity index (χ4n) is 1.07. The molecule has 0 aromatic heterocycles. The van der Waals surface area contributed by atoms with Gasteiger partial charge in [-0.25, -0.2) is 0 Å². The molecule has 1 N–H and O–H groups in total. The first-order chi connectivity index (χ1) is 6.77. The number of ether oxygens (including phenoxy) is 1. The number of benzene rings is 1. The van der Waals surface area contributed by atoms with Crippen LogP contribution in [-0.4, -0.2) is 24.1 Å². The van der Waals surface area contributed by atoms with E-state index >= 15 is 0 Å². The average molecular weight is 194 g/mol. The maximum absolute atomic E-state index is 11.1. The Morgan fingerprint density at radius 1 is 1.50 bits per heavy atom. The van der Waals surface area contributed by atoms with Crippen LogP contribution in [-0.2, 0) is 0 Å². The minimum Gasteiger partial charge on any atom is -0.494 e. The molecule has 0 bridgehead atoms. The van der Waals surface area contributed by atoms with Crippen LogP contribution in [0.3, 0.4) is 0 Å². The van der Waals surface area contributed by atoms with Gasteiger partial charge in [0.2, 0.25) is 0 Å². The first-order valence-corrected chi connectivity index (χ1v) is 4.65. The van der Waals surface area contributed by atoms with Gasteiger partial charge in [0.1, 0.15) is 12.4 Å². The summed E-state index contributed by atoms with van der Waals surface area (Å²) in [7, 11) is 0. The number of aliphatic hydroxyl groups excluding tert-OH is 1. The molecule has 0 atom stereocenters. The lowest BCUT2D eigenvalue weighted by Gasteiger charge is -2.05. The molecule has 1 rings (SSSR count). The van der Waals surface area contributed by atoms with Crippen molar-refractivity contribution in [1.82, 2.24) is 0 Å². The van der Waals surface area contributed by atoms with E-state index in [1.807, 2.05) is 6.92 Å². The van der Waals surface area contributed by atoms with Gasteiger partial charge in [-0.2, -0.15) is 0 Å². The standard InChI is InChI=1S/C11H14O3/c1-2-6-14-10-5-3-4-9(7-10)11(13)8-12/h3-5,7,12H,2,6,8H2,1H3. The SMILES string of the molecule is CCCOc1cccc(C(=O)CO)c1. The van der Waals surface area contributed by atoms with Crippen molar-refractivity contribution in [1.29, 1.82) is 0 Å². The lowest BCUT2D eigenvalue weighted by molar-refractivity contribution is 0.0903. The fourth-order valence-corrected chi connectivity index (χ4v) is 1.07. The van der Waals surface area contributed by atoms with Gasteiger partial charge < -0.3 is 9.84 Å². The Kier molecular flexibility index (Phi) is 4.13. The molecule has 0 fully saturated rings. The third kappa shape index (κ3) is 2.85. The molecule has 0 radical (unpaired) electrons. The molecular weight excluding hydrogens is 180 g/mol. The van der Waals surface area contributed by atoms with Gasteiger partial charge in [-0.1, -0.05) is 19.1 Å². The average Bonchev–Trinajstić information content (AvgIpc) is 2.25. The molecule has 0 spiro atoms. The Hall–Kier alpha value is -1.35. The van der Waals surface area contributed by atoms with Crippen molar-refractivity contribution in [3.63, 3.8) is 0 Å². The predicted molar refractivity (Wildman–Crippen MR) is 53.6 cm³/mol. The summed E-state index contributed by atoms with van der Waals surface area (Å²) in [6.07, 6.45) is 0.929. The van der Waals surface area contributed by atoms with Crippen molar-refractivity contribution in [2.24, 2.45) is 0 Å². The highest BCUT2D eigenvalue weighted by Gasteiger charge is 2.04. The largest absolute Gasteiger partial charge is 0.494 e. The molecule has 14 heavy (non-hydrogen) atoms. The summed E-state index contributed by atoms with van der Waals surface area (Å²) in [6.45, 7) is 2.19. The minimum atomic E-state index is -0.461.